The Morgan fingerprint density at radius 3 is 2.57 bits per heavy atom. The molecule has 0 bridgehead atoms. The molecule has 0 fully saturated rings. The van der Waals surface area contributed by atoms with Crippen LogP contribution >= 0.6 is 15.9 Å². The maximum atomic E-state index is 14.0. The van der Waals surface area contributed by atoms with Crippen LogP contribution in [0.2, 0.25) is 0 Å². The Hall–Kier alpha value is -1.85. The Morgan fingerprint density at radius 1 is 1.00 bits per heavy atom. The summed E-state index contributed by atoms with van der Waals surface area (Å²) in [4.78, 5) is 4.26. The molecule has 21 heavy (non-hydrogen) atoms. The number of nitrogens with zero attached hydrogens (tertiary/aromatic N) is 1. The van der Waals surface area contributed by atoms with Crippen LogP contribution in [0.1, 0.15) is 17.4 Å². The van der Waals surface area contributed by atoms with Crippen LogP contribution in [0.4, 0.5) is 8.78 Å². The van der Waals surface area contributed by atoms with E-state index in [2.05, 4.69) is 20.9 Å². The second-order valence-corrected chi connectivity index (χ2v) is 5.44. The van der Waals surface area contributed by atoms with Crippen molar-refractivity contribution in [3.05, 3.63) is 75.9 Å². The fourth-order valence-electron chi connectivity index (χ4n) is 2.18. The van der Waals surface area contributed by atoms with Gasteiger partial charge in [0.1, 0.15) is 17.7 Å². The molecular weight excluding hydrogens is 340 g/mol. The minimum absolute atomic E-state index is 0.0961. The lowest BCUT2D eigenvalue weighted by Gasteiger charge is -2.14. The molecule has 0 aliphatic carbocycles. The minimum Gasteiger partial charge on any atom is -0.382 e. The third-order valence-corrected chi connectivity index (χ3v) is 3.87. The molecule has 1 unspecified atom stereocenters. The Labute approximate surface area is 128 Å². The van der Waals surface area contributed by atoms with Crippen molar-refractivity contribution >= 4 is 26.8 Å². The molecule has 3 aromatic rings. The van der Waals surface area contributed by atoms with E-state index in [0.717, 1.165) is 11.5 Å². The van der Waals surface area contributed by atoms with Gasteiger partial charge < -0.3 is 5.11 Å². The number of pyridine rings is 1. The van der Waals surface area contributed by atoms with Crippen molar-refractivity contribution in [3.8, 4) is 0 Å². The van der Waals surface area contributed by atoms with E-state index in [9.17, 15) is 13.9 Å². The molecule has 0 amide bonds. The molecule has 0 aliphatic heterocycles. The van der Waals surface area contributed by atoms with Gasteiger partial charge in [0.2, 0.25) is 0 Å². The summed E-state index contributed by atoms with van der Waals surface area (Å²) in [6.07, 6.45) is -1.47. The lowest BCUT2D eigenvalue weighted by atomic mass is 10.0. The van der Waals surface area contributed by atoms with Gasteiger partial charge in [-0.05, 0) is 40.2 Å². The Morgan fingerprint density at radius 2 is 1.76 bits per heavy atom. The summed E-state index contributed by atoms with van der Waals surface area (Å²) in [7, 11) is 0. The zero-order chi connectivity index (χ0) is 15.0. The van der Waals surface area contributed by atoms with Gasteiger partial charge in [0.15, 0.2) is 0 Å². The molecule has 106 valence electrons. The largest absolute Gasteiger partial charge is 0.382 e. The molecule has 0 spiro atoms. The molecule has 1 aromatic heterocycles. The SMILES string of the molecule is OC(c1ccc2ccccc2n1)c1c(F)ccc(Br)c1F. The van der Waals surface area contributed by atoms with Gasteiger partial charge in [-0.3, -0.25) is 0 Å². The van der Waals surface area contributed by atoms with Gasteiger partial charge in [-0.15, -0.1) is 0 Å². The number of rotatable bonds is 2. The summed E-state index contributed by atoms with van der Waals surface area (Å²) in [5, 5.41) is 11.2. The number of fused-ring (bicyclic) bond motifs is 1. The molecular formula is C16H10BrF2NO. The van der Waals surface area contributed by atoms with Gasteiger partial charge in [-0.2, -0.15) is 0 Å². The quantitative estimate of drug-likeness (QED) is 0.697. The predicted molar refractivity (Wildman–Crippen MR) is 79.9 cm³/mol. The summed E-state index contributed by atoms with van der Waals surface area (Å²) >= 11 is 2.99. The normalized spacial score (nSPS) is 12.6. The highest BCUT2D eigenvalue weighted by Crippen LogP contribution is 2.30. The van der Waals surface area contributed by atoms with E-state index in [-0.39, 0.29) is 10.2 Å². The standard InChI is InChI=1S/C16H10BrF2NO/c17-10-6-7-11(18)14(15(10)19)16(21)13-8-5-9-3-1-2-4-12(9)20-13/h1-8,16,21H. The number of para-hydroxylation sites is 1. The fraction of sp³-hybridized carbons (Fsp3) is 0.0625. The number of halogens is 3. The third kappa shape index (κ3) is 2.54. The van der Waals surface area contributed by atoms with Crippen molar-refractivity contribution in [2.45, 2.75) is 6.10 Å². The first-order chi connectivity index (χ1) is 10.1. The lowest BCUT2D eigenvalue weighted by molar-refractivity contribution is 0.204. The van der Waals surface area contributed by atoms with Crippen LogP contribution in [0.5, 0.6) is 0 Å². The maximum Gasteiger partial charge on any atom is 0.146 e. The molecule has 2 nitrogen and oxygen atoms in total. The smallest absolute Gasteiger partial charge is 0.146 e. The van der Waals surface area contributed by atoms with Crippen molar-refractivity contribution in [2.75, 3.05) is 0 Å². The first-order valence-corrected chi connectivity index (χ1v) is 7.04. The van der Waals surface area contributed by atoms with Gasteiger partial charge in [0, 0.05) is 5.39 Å². The monoisotopic (exact) mass is 349 g/mol. The van der Waals surface area contributed by atoms with Crippen LogP contribution in [-0.2, 0) is 0 Å². The lowest BCUT2D eigenvalue weighted by Crippen LogP contribution is -2.08. The second kappa shape index (κ2) is 5.50. The van der Waals surface area contributed by atoms with E-state index in [0.29, 0.717) is 5.52 Å². The van der Waals surface area contributed by atoms with E-state index in [1.807, 2.05) is 18.2 Å². The summed E-state index contributed by atoms with van der Waals surface area (Å²) in [6, 6.07) is 13.0. The van der Waals surface area contributed by atoms with Crippen molar-refractivity contribution in [1.82, 2.24) is 4.98 Å². The Kier molecular flexibility index (Phi) is 3.69. The molecule has 2 aromatic carbocycles. The van der Waals surface area contributed by atoms with E-state index >= 15 is 0 Å². The van der Waals surface area contributed by atoms with E-state index in [4.69, 9.17) is 0 Å². The van der Waals surface area contributed by atoms with Crippen LogP contribution in [0, 0.1) is 11.6 Å². The first-order valence-electron chi connectivity index (χ1n) is 6.25. The molecule has 1 N–H and O–H groups in total. The average molecular weight is 350 g/mol. The van der Waals surface area contributed by atoms with Crippen LogP contribution in [0.15, 0.2) is 53.0 Å². The van der Waals surface area contributed by atoms with Gasteiger partial charge in [0.05, 0.1) is 21.2 Å². The van der Waals surface area contributed by atoms with Crippen molar-refractivity contribution in [2.24, 2.45) is 0 Å². The van der Waals surface area contributed by atoms with E-state index < -0.39 is 23.3 Å². The van der Waals surface area contributed by atoms with Crippen LogP contribution < -0.4 is 0 Å². The maximum absolute atomic E-state index is 14.0. The highest BCUT2D eigenvalue weighted by Gasteiger charge is 2.22. The van der Waals surface area contributed by atoms with Gasteiger partial charge in [-0.1, -0.05) is 24.3 Å². The molecule has 1 atom stereocenters. The second-order valence-electron chi connectivity index (χ2n) is 4.59. The van der Waals surface area contributed by atoms with Gasteiger partial charge in [-0.25, -0.2) is 13.8 Å². The third-order valence-electron chi connectivity index (χ3n) is 3.25. The predicted octanol–water partition coefficient (Wildman–Crippen LogP) is 4.36. The molecule has 0 radical (unpaired) electrons. The highest BCUT2D eigenvalue weighted by atomic mass is 79.9. The molecule has 3 rings (SSSR count). The van der Waals surface area contributed by atoms with Crippen LogP contribution in [0.25, 0.3) is 10.9 Å². The van der Waals surface area contributed by atoms with Crippen LogP contribution in [0.3, 0.4) is 0 Å². The molecule has 1 heterocycles. The number of aromatic nitrogens is 1. The molecule has 0 aliphatic rings. The zero-order valence-electron chi connectivity index (χ0n) is 10.7. The number of hydrogen-bond donors (Lipinski definition) is 1. The summed E-state index contributed by atoms with van der Waals surface area (Å²) < 4.78 is 28.0. The van der Waals surface area contributed by atoms with Crippen LogP contribution in [-0.4, -0.2) is 10.1 Å². The summed E-state index contributed by atoms with van der Waals surface area (Å²) in [5.41, 5.74) is 0.446. The van der Waals surface area contributed by atoms with Crippen molar-refractivity contribution < 1.29 is 13.9 Å². The van der Waals surface area contributed by atoms with Crippen molar-refractivity contribution in [1.29, 1.82) is 0 Å². The first kappa shape index (κ1) is 14.1. The topological polar surface area (TPSA) is 33.1 Å². The van der Waals surface area contributed by atoms with Gasteiger partial charge in [0.25, 0.3) is 0 Å². The summed E-state index contributed by atoms with van der Waals surface area (Å²) in [6.45, 7) is 0. The molecule has 0 saturated heterocycles. The highest BCUT2D eigenvalue weighted by molar-refractivity contribution is 9.10. The number of aliphatic hydroxyl groups is 1. The van der Waals surface area contributed by atoms with E-state index in [1.54, 1.807) is 18.2 Å². The fourth-order valence-corrected chi connectivity index (χ4v) is 2.52. The number of aliphatic hydroxyl groups excluding tert-OH is 1. The minimum atomic E-state index is -1.47. The summed E-state index contributed by atoms with van der Waals surface area (Å²) in [5.74, 6) is -1.63. The zero-order valence-corrected chi connectivity index (χ0v) is 12.3. The number of benzene rings is 2. The number of hydrogen-bond acceptors (Lipinski definition) is 2. The van der Waals surface area contributed by atoms with E-state index in [1.165, 1.54) is 6.07 Å². The Balaban J connectivity index is 2.12. The Bertz CT molecular complexity index is 822. The van der Waals surface area contributed by atoms with Crippen molar-refractivity contribution in [3.63, 3.8) is 0 Å². The van der Waals surface area contributed by atoms with Gasteiger partial charge >= 0.3 is 0 Å². The molecule has 5 heteroatoms. The molecule has 0 saturated carbocycles. The average Bonchev–Trinajstić information content (AvgIpc) is 2.51.